The van der Waals surface area contributed by atoms with E-state index in [0.29, 0.717) is 13.2 Å². The van der Waals surface area contributed by atoms with Crippen LogP contribution in [0, 0.1) is 0 Å². The number of rotatable bonds is 5. The Morgan fingerprint density at radius 1 is 1.30 bits per heavy atom. The molecule has 0 aromatic rings. The molecule has 0 atom stereocenters. The molecule has 1 radical (unpaired) electrons. The van der Waals surface area contributed by atoms with Gasteiger partial charge in [0.05, 0.1) is 6.61 Å². The number of hydrogen-bond acceptors (Lipinski definition) is 3. The van der Waals surface area contributed by atoms with E-state index in [0.717, 1.165) is 0 Å². The van der Waals surface area contributed by atoms with Crippen LogP contribution in [0.5, 0.6) is 0 Å². The van der Waals surface area contributed by atoms with Crippen LogP contribution in [0.1, 0.15) is 0 Å². The molecule has 0 aromatic carbocycles. The molecule has 0 unspecified atom stereocenters. The molecule has 0 aliphatic rings. The van der Waals surface area contributed by atoms with Crippen LogP contribution >= 0.6 is 0 Å². The minimum atomic E-state index is -1.42. The molecule has 3 nitrogen and oxygen atoms in total. The molecule has 0 fully saturated rings. The van der Waals surface area contributed by atoms with E-state index in [-0.39, 0.29) is 0 Å². The summed E-state index contributed by atoms with van der Waals surface area (Å²) in [4.78, 5) is 9.54. The van der Waals surface area contributed by atoms with Crippen LogP contribution in [0.25, 0.3) is 0 Å². The van der Waals surface area contributed by atoms with Gasteiger partial charge in [0, 0.05) is 0 Å². The lowest BCUT2D eigenvalue weighted by Gasteiger charge is -2.15. The molecule has 0 spiro atoms. The highest BCUT2D eigenvalue weighted by molar-refractivity contribution is 6.69. The Bertz CT molecular complexity index is 97.7. The molecule has 0 amide bonds. The van der Waals surface area contributed by atoms with Gasteiger partial charge in [-0.25, -0.2) is 4.79 Å². The SMILES string of the molecule is C[Si](C)(C)OCCO[C]=O. The summed E-state index contributed by atoms with van der Waals surface area (Å²) < 4.78 is 9.69. The molecule has 4 heteroatoms. The van der Waals surface area contributed by atoms with E-state index < -0.39 is 8.32 Å². The van der Waals surface area contributed by atoms with Crippen molar-refractivity contribution in [1.29, 1.82) is 0 Å². The fourth-order valence-electron chi connectivity index (χ4n) is 0.431. The average Bonchev–Trinajstić information content (AvgIpc) is 1.78. The van der Waals surface area contributed by atoms with E-state index in [1.807, 2.05) is 0 Å². The number of carbonyl (C=O) groups excluding carboxylic acids is 1. The molecule has 0 bridgehead atoms. The zero-order valence-electron chi connectivity index (χ0n) is 6.64. The van der Waals surface area contributed by atoms with E-state index in [1.54, 1.807) is 0 Å². The topological polar surface area (TPSA) is 35.5 Å². The summed E-state index contributed by atoms with van der Waals surface area (Å²) in [7, 11) is -1.42. The average molecular weight is 161 g/mol. The van der Waals surface area contributed by atoms with Crippen molar-refractivity contribution in [2.24, 2.45) is 0 Å². The summed E-state index contributed by atoms with van der Waals surface area (Å²) in [6, 6.07) is 0. The number of hydrogen-bond donors (Lipinski definition) is 0. The van der Waals surface area contributed by atoms with Gasteiger partial charge in [-0.3, -0.25) is 0 Å². The van der Waals surface area contributed by atoms with Crippen LogP contribution in [0.2, 0.25) is 19.6 Å². The van der Waals surface area contributed by atoms with Crippen molar-refractivity contribution < 1.29 is 14.0 Å². The maximum absolute atomic E-state index is 9.54. The summed E-state index contributed by atoms with van der Waals surface area (Å²) in [5.74, 6) is 0. The molecule has 59 valence electrons. The van der Waals surface area contributed by atoms with E-state index >= 15 is 0 Å². The van der Waals surface area contributed by atoms with Crippen LogP contribution in [-0.2, 0) is 14.0 Å². The first-order chi connectivity index (χ1) is 4.56. The second-order valence-corrected chi connectivity index (χ2v) is 7.41. The molecule has 10 heavy (non-hydrogen) atoms. The van der Waals surface area contributed by atoms with Crippen LogP contribution in [0.15, 0.2) is 0 Å². The van der Waals surface area contributed by atoms with Crippen molar-refractivity contribution in [2.45, 2.75) is 19.6 Å². The maximum Gasteiger partial charge on any atom is 0.417 e. The molecular formula is C6H13O3Si. The normalized spacial score (nSPS) is 11.1. The molecule has 0 aliphatic carbocycles. The lowest BCUT2D eigenvalue weighted by Crippen LogP contribution is -2.27. The van der Waals surface area contributed by atoms with Gasteiger partial charge in [0.25, 0.3) is 0 Å². The van der Waals surface area contributed by atoms with Crippen molar-refractivity contribution in [2.75, 3.05) is 13.2 Å². The minimum absolute atomic E-state index is 0.313. The Hall–Kier alpha value is -0.353. The molecule has 0 heterocycles. The van der Waals surface area contributed by atoms with Gasteiger partial charge in [-0.2, -0.15) is 0 Å². The van der Waals surface area contributed by atoms with Crippen LogP contribution in [-0.4, -0.2) is 28.0 Å². The van der Waals surface area contributed by atoms with Crippen LogP contribution < -0.4 is 0 Å². The van der Waals surface area contributed by atoms with Gasteiger partial charge in [0.15, 0.2) is 8.32 Å². The Kier molecular flexibility index (Phi) is 4.30. The highest BCUT2D eigenvalue weighted by Gasteiger charge is 2.12. The Labute approximate surface area is 62.5 Å². The molecule has 0 aliphatic heterocycles. The zero-order chi connectivity index (χ0) is 8.04. The van der Waals surface area contributed by atoms with Crippen molar-refractivity contribution in [3.05, 3.63) is 0 Å². The van der Waals surface area contributed by atoms with Gasteiger partial charge >= 0.3 is 6.47 Å². The predicted molar refractivity (Wildman–Crippen MR) is 40.9 cm³/mol. The summed E-state index contributed by atoms with van der Waals surface area (Å²) >= 11 is 0. The standard InChI is InChI=1S/C6H13O3Si/c1-10(2,3)9-5-4-8-6-7/h4-5H2,1-3H3. The second kappa shape index (κ2) is 4.46. The van der Waals surface area contributed by atoms with Gasteiger partial charge in [0.2, 0.25) is 0 Å². The quantitative estimate of drug-likeness (QED) is 0.444. The fraction of sp³-hybridized carbons (Fsp3) is 0.833. The molecular weight excluding hydrogens is 148 g/mol. The lowest BCUT2D eigenvalue weighted by atomic mass is 10.8. The summed E-state index contributed by atoms with van der Waals surface area (Å²) in [6.07, 6.45) is 0. The monoisotopic (exact) mass is 161 g/mol. The lowest BCUT2D eigenvalue weighted by molar-refractivity contribution is 0.196. The van der Waals surface area contributed by atoms with Crippen LogP contribution in [0.3, 0.4) is 0 Å². The summed E-state index contributed by atoms with van der Waals surface area (Å²) in [5.41, 5.74) is 0. The molecule has 0 aromatic heterocycles. The van der Waals surface area contributed by atoms with E-state index in [2.05, 4.69) is 24.4 Å². The van der Waals surface area contributed by atoms with Gasteiger partial charge in [-0.1, -0.05) is 0 Å². The van der Waals surface area contributed by atoms with Crippen molar-refractivity contribution in [3.63, 3.8) is 0 Å². The molecule has 0 N–H and O–H groups in total. The highest BCUT2D eigenvalue weighted by Crippen LogP contribution is 2.00. The number of ether oxygens (including phenoxy) is 1. The minimum Gasteiger partial charge on any atom is -0.455 e. The molecule has 0 saturated carbocycles. The predicted octanol–water partition coefficient (Wildman–Crippen LogP) is 0.922. The Morgan fingerprint density at radius 3 is 2.30 bits per heavy atom. The van der Waals surface area contributed by atoms with Gasteiger partial charge in [-0.05, 0) is 19.6 Å². The fourth-order valence-corrected chi connectivity index (χ4v) is 1.13. The third kappa shape index (κ3) is 7.65. The van der Waals surface area contributed by atoms with Crippen molar-refractivity contribution in [1.82, 2.24) is 0 Å². The first kappa shape index (κ1) is 9.65. The van der Waals surface area contributed by atoms with Crippen LogP contribution in [0.4, 0.5) is 0 Å². The molecule has 0 saturated heterocycles. The Balaban J connectivity index is 3.12. The van der Waals surface area contributed by atoms with Gasteiger partial charge < -0.3 is 9.16 Å². The first-order valence-electron chi connectivity index (χ1n) is 3.19. The first-order valence-corrected chi connectivity index (χ1v) is 6.60. The van der Waals surface area contributed by atoms with E-state index in [4.69, 9.17) is 4.43 Å². The van der Waals surface area contributed by atoms with E-state index in [9.17, 15) is 4.79 Å². The second-order valence-electron chi connectivity index (χ2n) is 2.89. The van der Waals surface area contributed by atoms with Crippen molar-refractivity contribution in [3.8, 4) is 0 Å². The maximum atomic E-state index is 9.54. The largest absolute Gasteiger partial charge is 0.455 e. The molecule has 0 rings (SSSR count). The smallest absolute Gasteiger partial charge is 0.417 e. The van der Waals surface area contributed by atoms with Crippen molar-refractivity contribution >= 4 is 14.8 Å². The van der Waals surface area contributed by atoms with E-state index in [1.165, 1.54) is 6.47 Å². The van der Waals surface area contributed by atoms with Gasteiger partial charge in [0.1, 0.15) is 6.61 Å². The third-order valence-electron chi connectivity index (χ3n) is 0.779. The zero-order valence-corrected chi connectivity index (χ0v) is 7.64. The third-order valence-corrected chi connectivity index (χ3v) is 1.85. The van der Waals surface area contributed by atoms with Gasteiger partial charge in [-0.15, -0.1) is 0 Å². The summed E-state index contributed by atoms with van der Waals surface area (Å²) in [6.45, 7) is 8.39. The highest BCUT2D eigenvalue weighted by atomic mass is 28.4. The summed E-state index contributed by atoms with van der Waals surface area (Å²) in [5, 5.41) is 0. The Morgan fingerprint density at radius 2 is 1.90 bits per heavy atom.